The van der Waals surface area contributed by atoms with Gasteiger partial charge in [-0.3, -0.25) is 9.59 Å². The number of aromatic nitrogens is 3. The molecule has 0 unspecified atom stereocenters. The molecule has 4 rings (SSSR count). The van der Waals surface area contributed by atoms with Crippen LogP contribution in [0.25, 0.3) is 16.9 Å². The Morgan fingerprint density at radius 1 is 1.17 bits per heavy atom. The van der Waals surface area contributed by atoms with Gasteiger partial charge in [-0.05, 0) is 43.7 Å². The van der Waals surface area contributed by atoms with Crippen LogP contribution in [-0.4, -0.2) is 33.3 Å². The molecule has 6 nitrogen and oxygen atoms in total. The predicted molar refractivity (Wildman–Crippen MR) is 115 cm³/mol. The van der Waals surface area contributed by atoms with Crippen molar-refractivity contribution in [3.8, 4) is 11.3 Å². The molecule has 0 aliphatic carbocycles. The fraction of sp³-hybridized carbons (Fsp3) is 0.182. The van der Waals surface area contributed by atoms with E-state index in [-0.39, 0.29) is 11.5 Å². The number of fused-ring (bicyclic) bond motifs is 1. The van der Waals surface area contributed by atoms with Gasteiger partial charge in [0.2, 0.25) is 11.7 Å². The van der Waals surface area contributed by atoms with Gasteiger partial charge in [0, 0.05) is 40.3 Å². The molecule has 0 aliphatic heterocycles. The second kappa shape index (κ2) is 7.25. The Labute approximate surface area is 176 Å². The number of carbonyl (C=O) groups excluding carboxylic acids is 2. The van der Waals surface area contributed by atoms with Crippen molar-refractivity contribution in [3.63, 3.8) is 0 Å². The number of thiophene rings is 1. The average molecular weight is 408 g/mol. The van der Waals surface area contributed by atoms with E-state index in [9.17, 15) is 9.59 Å². The van der Waals surface area contributed by atoms with Crippen LogP contribution in [0.2, 0.25) is 0 Å². The normalized spacial score (nSPS) is 13.0. The Kier molecular flexibility index (Phi) is 3.90. The summed E-state index contributed by atoms with van der Waals surface area (Å²) in [6.45, 7) is 2.30. The highest BCUT2D eigenvalue weighted by Gasteiger charge is 2.20. The number of hydrogen-bond acceptors (Lipinski definition) is 5. The van der Waals surface area contributed by atoms with Gasteiger partial charge in [-0.1, -0.05) is 12.1 Å². The van der Waals surface area contributed by atoms with Gasteiger partial charge in [-0.2, -0.15) is 5.10 Å². The van der Waals surface area contributed by atoms with Crippen molar-refractivity contribution < 1.29 is 13.7 Å². The summed E-state index contributed by atoms with van der Waals surface area (Å²) in [6, 6.07) is 10.5. The van der Waals surface area contributed by atoms with E-state index in [2.05, 4.69) is 10.1 Å². The molecule has 3 aromatic heterocycles. The average Bonchev–Trinajstić information content (AvgIpc) is 3.34. The van der Waals surface area contributed by atoms with Crippen LogP contribution < -0.4 is 4.90 Å². The zero-order chi connectivity index (χ0) is 23.2. The van der Waals surface area contributed by atoms with Gasteiger partial charge in [-0.25, -0.2) is 9.50 Å². The Morgan fingerprint density at radius 3 is 2.69 bits per heavy atom. The molecule has 146 valence electrons. The molecule has 0 N–H and O–H groups in total. The lowest BCUT2D eigenvalue weighted by molar-refractivity contribution is -0.116. The van der Waals surface area contributed by atoms with E-state index in [1.807, 2.05) is 19.1 Å². The fourth-order valence-corrected chi connectivity index (χ4v) is 4.08. The van der Waals surface area contributed by atoms with E-state index in [1.165, 1.54) is 24.5 Å². The van der Waals surface area contributed by atoms with Crippen LogP contribution >= 0.6 is 11.3 Å². The number of nitrogens with zero attached hydrogens (tertiary/aromatic N) is 4. The standard InChI is InChI=1S/C22H20N4O2S/c1-13-8-9-20(29-13)21(28)17-12-24-26-19(10-11-23-22(17)26)16-6-5-7-18(14(16)2)25(4)15(3)27/h5-12H,1-4H3/i4D3. The molecule has 7 heteroatoms. The third kappa shape index (κ3) is 3.23. The number of benzene rings is 1. The fourth-order valence-electron chi connectivity index (χ4n) is 3.26. The Morgan fingerprint density at radius 2 is 2.00 bits per heavy atom. The molecular weight excluding hydrogens is 384 g/mol. The van der Waals surface area contributed by atoms with Crippen LogP contribution in [0.3, 0.4) is 0 Å². The lowest BCUT2D eigenvalue weighted by atomic mass is 10.0. The van der Waals surface area contributed by atoms with Gasteiger partial charge in [0.05, 0.1) is 22.3 Å². The zero-order valence-electron chi connectivity index (χ0n) is 19.1. The Balaban J connectivity index is 1.86. The van der Waals surface area contributed by atoms with Crippen LogP contribution in [-0.2, 0) is 4.79 Å². The first-order chi connectivity index (χ1) is 15.1. The molecule has 0 saturated heterocycles. The minimum atomic E-state index is -2.62. The van der Waals surface area contributed by atoms with Crippen LogP contribution in [0, 0.1) is 13.8 Å². The van der Waals surface area contributed by atoms with E-state index >= 15 is 0 Å². The molecule has 0 bridgehead atoms. The first kappa shape index (κ1) is 15.6. The van der Waals surface area contributed by atoms with E-state index in [0.29, 0.717) is 32.9 Å². The minimum Gasteiger partial charge on any atom is -0.315 e. The topological polar surface area (TPSA) is 67.6 Å². The largest absolute Gasteiger partial charge is 0.315 e. The lowest BCUT2D eigenvalue weighted by Crippen LogP contribution is -2.23. The number of anilines is 1. The van der Waals surface area contributed by atoms with Crippen LogP contribution in [0.4, 0.5) is 5.69 Å². The summed E-state index contributed by atoms with van der Waals surface area (Å²) in [4.78, 5) is 31.9. The summed E-state index contributed by atoms with van der Waals surface area (Å²) < 4.78 is 24.9. The number of aryl methyl sites for hydroxylation is 1. The zero-order valence-corrected chi connectivity index (χ0v) is 16.9. The molecule has 29 heavy (non-hydrogen) atoms. The van der Waals surface area contributed by atoms with Crippen molar-refractivity contribution in [3.05, 3.63) is 69.7 Å². The summed E-state index contributed by atoms with van der Waals surface area (Å²) in [5.74, 6) is -0.735. The van der Waals surface area contributed by atoms with E-state index in [4.69, 9.17) is 4.11 Å². The lowest BCUT2D eigenvalue weighted by Gasteiger charge is -2.20. The van der Waals surface area contributed by atoms with Crippen molar-refractivity contribution >= 4 is 34.4 Å². The smallest absolute Gasteiger partial charge is 0.223 e. The molecule has 3 heterocycles. The Bertz CT molecular complexity index is 1360. The van der Waals surface area contributed by atoms with Crippen molar-refractivity contribution in [1.82, 2.24) is 14.6 Å². The second-order valence-electron chi connectivity index (χ2n) is 6.67. The highest BCUT2D eigenvalue weighted by molar-refractivity contribution is 7.14. The highest BCUT2D eigenvalue weighted by Crippen LogP contribution is 2.31. The number of hydrogen-bond donors (Lipinski definition) is 0. The first-order valence-electron chi connectivity index (χ1n) is 10.4. The Hall–Kier alpha value is -3.32. The summed E-state index contributed by atoms with van der Waals surface area (Å²) in [5.41, 5.74) is 2.99. The molecule has 1 amide bonds. The van der Waals surface area contributed by atoms with Gasteiger partial charge < -0.3 is 4.90 Å². The maximum atomic E-state index is 13.0. The van der Waals surface area contributed by atoms with Crippen molar-refractivity contribution in [1.29, 1.82) is 0 Å². The van der Waals surface area contributed by atoms with E-state index < -0.39 is 12.9 Å². The van der Waals surface area contributed by atoms with Crippen molar-refractivity contribution in [2.75, 3.05) is 11.9 Å². The second-order valence-corrected chi connectivity index (χ2v) is 7.96. The molecular formula is C22H20N4O2S. The monoisotopic (exact) mass is 407 g/mol. The van der Waals surface area contributed by atoms with Gasteiger partial charge >= 0.3 is 0 Å². The molecule has 0 aliphatic rings. The molecule has 0 spiro atoms. The summed E-state index contributed by atoms with van der Waals surface area (Å²) in [5, 5.41) is 4.39. The maximum absolute atomic E-state index is 13.0. The summed E-state index contributed by atoms with van der Waals surface area (Å²) in [6.07, 6.45) is 3.08. The van der Waals surface area contributed by atoms with Gasteiger partial charge in [-0.15, -0.1) is 11.3 Å². The maximum Gasteiger partial charge on any atom is 0.223 e. The molecule has 0 saturated carbocycles. The minimum absolute atomic E-state index is 0.154. The molecule has 0 atom stereocenters. The molecule has 1 aromatic carbocycles. The van der Waals surface area contributed by atoms with Gasteiger partial charge in [0.25, 0.3) is 0 Å². The number of ketones is 1. The van der Waals surface area contributed by atoms with E-state index in [1.54, 1.807) is 41.9 Å². The first-order valence-corrected chi connectivity index (χ1v) is 9.76. The quantitative estimate of drug-likeness (QED) is 0.473. The highest BCUT2D eigenvalue weighted by atomic mass is 32.1. The van der Waals surface area contributed by atoms with Gasteiger partial charge in [0.15, 0.2) is 5.65 Å². The number of amides is 1. The summed E-state index contributed by atoms with van der Waals surface area (Å²) >= 11 is 1.41. The van der Waals surface area contributed by atoms with Crippen LogP contribution in [0.1, 0.15) is 36.7 Å². The number of carbonyl (C=O) groups is 2. The molecule has 0 fully saturated rings. The third-order valence-corrected chi connectivity index (χ3v) is 5.75. The molecule has 4 aromatic rings. The van der Waals surface area contributed by atoms with E-state index in [0.717, 1.165) is 9.78 Å². The van der Waals surface area contributed by atoms with Crippen molar-refractivity contribution in [2.24, 2.45) is 0 Å². The predicted octanol–water partition coefficient (Wildman–Crippen LogP) is 4.29. The molecule has 0 radical (unpaired) electrons. The van der Waals surface area contributed by atoms with Crippen LogP contribution in [0.15, 0.2) is 48.8 Å². The van der Waals surface area contributed by atoms with Crippen molar-refractivity contribution in [2.45, 2.75) is 20.8 Å². The number of rotatable bonds is 4. The SMILES string of the molecule is [2H]C([2H])([2H])N(C(C)=O)c1cccc(-c2ccnc3c(C(=O)c4ccc(C)s4)cnn23)c1C. The van der Waals surface area contributed by atoms with Crippen LogP contribution in [0.5, 0.6) is 0 Å². The summed E-state index contributed by atoms with van der Waals surface area (Å²) in [7, 11) is 0. The third-order valence-electron chi connectivity index (χ3n) is 4.75. The van der Waals surface area contributed by atoms with Gasteiger partial charge in [0.1, 0.15) is 0 Å².